The minimum Gasteiger partial charge on any atom is -0.444 e. The lowest BCUT2D eigenvalue weighted by molar-refractivity contribution is 0.0440. The lowest BCUT2D eigenvalue weighted by Crippen LogP contribution is -2.55. The van der Waals surface area contributed by atoms with Gasteiger partial charge in [-0.1, -0.05) is 0 Å². The third kappa shape index (κ3) is 2.30. The van der Waals surface area contributed by atoms with E-state index in [9.17, 15) is 4.79 Å². The third-order valence-corrected chi connectivity index (χ3v) is 3.04. The number of nitrogens with one attached hydrogen (secondary N) is 2. The first-order valence-corrected chi connectivity index (χ1v) is 5.71. The molecule has 2 fully saturated rings. The van der Waals surface area contributed by atoms with Gasteiger partial charge in [0.1, 0.15) is 5.60 Å². The number of rotatable bonds is 1. The SMILES string of the molecule is CC(C)(C)OC(=O)N[C@]12CNC[C@H]1COC2. The highest BCUT2D eigenvalue weighted by Crippen LogP contribution is 2.29. The highest BCUT2D eigenvalue weighted by atomic mass is 16.6. The van der Waals surface area contributed by atoms with Gasteiger partial charge in [-0.2, -0.15) is 0 Å². The Balaban J connectivity index is 1.96. The van der Waals surface area contributed by atoms with Crippen LogP contribution in [0.4, 0.5) is 4.79 Å². The average molecular weight is 228 g/mol. The standard InChI is InChI=1S/C11H20N2O3/c1-10(2,3)16-9(14)13-11-6-12-4-8(11)5-15-7-11/h8,12H,4-7H2,1-3H3,(H,13,14)/t8-,11-/m0/s1. The minimum absolute atomic E-state index is 0.262. The Morgan fingerprint density at radius 2 is 2.31 bits per heavy atom. The molecule has 16 heavy (non-hydrogen) atoms. The molecule has 0 saturated carbocycles. The first-order valence-electron chi connectivity index (χ1n) is 5.71. The molecule has 0 aromatic rings. The predicted octanol–water partition coefficient (Wildman–Crippen LogP) is 0.500. The van der Waals surface area contributed by atoms with Gasteiger partial charge in [0, 0.05) is 19.0 Å². The molecule has 0 spiro atoms. The summed E-state index contributed by atoms with van der Waals surface area (Å²) >= 11 is 0. The maximum absolute atomic E-state index is 11.7. The normalized spacial score (nSPS) is 33.6. The molecule has 2 atom stereocenters. The molecular weight excluding hydrogens is 208 g/mol. The van der Waals surface area contributed by atoms with Crippen molar-refractivity contribution < 1.29 is 14.3 Å². The van der Waals surface area contributed by atoms with E-state index in [1.54, 1.807) is 0 Å². The highest BCUT2D eigenvalue weighted by molar-refractivity contribution is 5.69. The van der Waals surface area contributed by atoms with Crippen LogP contribution >= 0.6 is 0 Å². The van der Waals surface area contributed by atoms with Crippen molar-refractivity contribution in [3.05, 3.63) is 0 Å². The fourth-order valence-corrected chi connectivity index (χ4v) is 2.27. The lowest BCUT2D eigenvalue weighted by atomic mass is 9.91. The number of hydrogen-bond acceptors (Lipinski definition) is 4. The van der Waals surface area contributed by atoms with Crippen molar-refractivity contribution in [2.75, 3.05) is 26.3 Å². The Morgan fingerprint density at radius 3 is 3.00 bits per heavy atom. The zero-order valence-corrected chi connectivity index (χ0v) is 10.1. The Bertz CT molecular complexity index is 275. The van der Waals surface area contributed by atoms with Crippen molar-refractivity contribution in [1.29, 1.82) is 0 Å². The summed E-state index contributed by atoms with van der Waals surface area (Å²) in [4.78, 5) is 11.7. The van der Waals surface area contributed by atoms with E-state index in [1.165, 1.54) is 0 Å². The Hall–Kier alpha value is -0.810. The summed E-state index contributed by atoms with van der Waals surface area (Å²) < 4.78 is 10.7. The summed E-state index contributed by atoms with van der Waals surface area (Å²) in [5.41, 5.74) is -0.718. The number of alkyl carbamates (subject to hydrolysis) is 1. The topological polar surface area (TPSA) is 59.6 Å². The molecule has 1 amide bonds. The fraction of sp³-hybridized carbons (Fsp3) is 0.909. The van der Waals surface area contributed by atoms with Crippen molar-refractivity contribution in [3.8, 4) is 0 Å². The van der Waals surface area contributed by atoms with Crippen molar-refractivity contribution >= 4 is 6.09 Å². The molecule has 5 nitrogen and oxygen atoms in total. The molecule has 0 aromatic carbocycles. The molecule has 0 bridgehead atoms. The molecule has 0 aliphatic carbocycles. The predicted molar refractivity (Wildman–Crippen MR) is 59.3 cm³/mol. The number of carbonyl (C=O) groups is 1. The maximum Gasteiger partial charge on any atom is 0.408 e. The second kappa shape index (κ2) is 3.89. The van der Waals surface area contributed by atoms with Gasteiger partial charge in [-0.05, 0) is 20.8 Å². The van der Waals surface area contributed by atoms with Gasteiger partial charge >= 0.3 is 6.09 Å². The molecule has 0 aromatic heterocycles. The van der Waals surface area contributed by atoms with Gasteiger partial charge in [-0.15, -0.1) is 0 Å². The van der Waals surface area contributed by atoms with Crippen LogP contribution < -0.4 is 10.6 Å². The van der Waals surface area contributed by atoms with Gasteiger partial charge in [0.2, 0.25) is 0 Å². The van der Waals surface area contributed by atoms with E-state index >= 15 is 0 Å². The molecule has 2 aliphatic rings. The van der Waals surface area contributed by atoms with E-state index < -0.39 is 5.60 Å². The van der Waals surface area contributed by atoms with E-state index in [1.807, 2.05) is 20.8 Å². The van der Waals surface area contributed by atoms with Gasteiger partial charge in [0.05, 0.1) is 18.8 Å². The maximum atomic E-state index is 11.7. The molecule has 2 aliphatic heterocycles. The molecule has 2 saturated heterocycles. The number of amides is 1. The van der Waals surface area contributed by atoms with Crippen LogP contribution in [0.3, 0.4) is 0 Å². The first kappa shape index (κ1) is 11.7. The molecule has 2 N–H and O–H groups in total. The molecule has 2 rings (SSSR count). The summed E-state index contributed by atoms with van der Waals surface area (Å²) in [5.74, 6) is 0.361. The number of hydrogen-bond donors (Lipinski definition) is 2. The van der Waals surface area contributed by atoms with Gasteiger partial charge in [-0.25, -0.2) is 4.79 Å². The lowest BCUT2D eigenvalue weighted by Gasteiger charge is -2.29. The second-order valence-corrected chi connectivity index (χ2v) is 5.63. The quantitative estimate of drug-likeness (QED) is 0.686. The van der Waals surface area contributed by atoms with E-state index in [4.69, 9.17) is 9.47 Å². The van der Waals surface area contributed by atoms with Crippen LogP contribution in [0.15, 0.2) is 0 Å². The van der Waals surface area contributed by atoms with Crippen molar-refractivity contribution in [2.45, 2.75) is 31.9 Å². The Morgan fingerprint density at radius 1 is 1.56 bits per heavy atom. The number of ether oxygens (including phenoxy) is 2. The van der Waals surface area contributed by atoms with E-state index in [0.717, 1.165) is 13.1 Å². The summed E-state index contributed by atoms with van der Waals surface area (Å²) in [6.45, 7) is 8.53. The largest absolute Gasteiger partial charge is 0.444 e. The number of carbonyl (C=O) groups excluding carboxylic acids is 1. The Labute approximate surface area is 95.9 Å². The second-order valence-electron chi connectivity index (χ2n) is 5.63. The van der Waals surface area contributed by atoms with Crippen LogP contribution in [0.25, 0.3) is 0 Å². The zero-order valence-electron chi connectivity index (χ0n) is 10.1. The molecule has 0 unspecified atom stereocenters. The molecular formula is C11H20N2O3. The van der Waals surface area contributed by atoms with Crippen LogP contribution in [0, 0.1) is 5.92 Å². The summed E-state index contributed by atoms with van der Waals surface area (Å²) in [6.07, 6.45) is -0.355. The van der Waals surface area contributed by atoms with Gasteiger partial charge in [0.15, 0.2) is 0 Å². The van der Waals surface area contributed by atoms with Gasteiger partial charge in [0.25, 0.3) is 0 Å². The summed E-state index contributed by atoms with van der Waals surface area (Å²) in [7, 11) is 0. The molecule has 2 heterocycles. The molecule has 5 heteroatoms. The van der Waals surface area contributed by atoms with Crippen LogP contribution in [-0.2, 0) is 9.47 Å². The highest BCUT2D eigenvalue weighted by Gasteiger charge is 2.49. The van der Waals surface area contributed by atoms with Crippen LogP contribution in [0.2, 0.25) is 0 Å². The number of fused-ring (bicyclic) bond motifs is 1. The monoisotopic (exact) mass is 228 g/mol. The molecule has 92 valence electrons. The van der Waals surface area contributed by atoms with Crippen molar-refractivity contribution in [3.63, 3.8) is 0 Å². The smallest absolute Gasteiger partial charge is 0.408 e. The zero-order chi connectivity index (χ0) is 11.8. The van der Waals surface area contributed by atoms with Crippen LogP contribution in [0.1, 0.15) is 20.8 Å². The Kier molecular flexibility index (Phi) is 2.84. The first-order chi connectivity index (χ1) is 7.41. The molecule has 0 radical (unpaired) electrons. The van der Waals surface area contributed by atoms with E-state index in [0.29, 0.717) is 19.1 Å². The fourth-order valence-electron chi connectivity index (χ4n) is 2.27. The summed E-state index contributed by atoms with van der Waals surface area (Å²) in [5, 5.41) is 6.25. The average Bonchev–Trinajstić information content (AvgIpc) is 2.57. The third-order valence-electron chi connectivity index (χ3n) is 3.04. The van der Waals surface area contributed by atoms with Crippen LogP contribution in [0.5, 0.6) is 0 Å². The van der Waals surface area contributed by atoms with E-state index in [-0.39, 0.29) is 11.6 Å². The van der Waals surface area contributed by atoms with Gasteiger partial charge < -0.3 is 20.1 Å². The van der Waals surface area contributed by atoms with Crippen molar-refractivity contribution in [2.24, 2.45) is 5.92 Å². The minimum atomic E-state index is -0.457. The van der Waals surface area contributed by atoms with Crippen LogP contribution in [-0.4, -0.2) is 43.5 Å². The summed E-state index contributed by atoms with van der Waals surface area (Å²) in [6, 6.07) is 0. The van der Waals surface area contributed by atoms with Crippen molar-refractivity contribution in [1.82, 2.24) is 10.6 Å². The van der Waals surface area contributed by atoms with E-state index in [2.05, 4.69) is 10.6 Å². The van der Waals surface area contributed by atoms with Gasteiger partial charge in [-0.3, -0.25) is 0 Å².